The Kier molecular flexibility index (Phi) is 4.41. The Morgan fingerprint density at radius 1 is 1.40 bits per heavy atom. The number of carbonyl (C=O) groups is 2. The Morgan fingerprint density at radius 3 is 2.88 bits per heavy atom. The molecule has 130 valence electrons. The first-order valence-corrected chi connectivity index (χ1v) is 8.32. The van der Waals surface area contributed by atoms with E-state index < -0.39 is 5.97 Å². The number of amides is 1. The molecule has 3 rings (SSSR count). The van der Waals surface area contributed by atoms with Crippen molar-refractivity contribution in [1.82, 2.24) is 14.6 Å². The maximum atomic E-state index is 12.4. The molecule has 0 radical (unpaired) electrons. The van der Waals surface area contributed by atoms with Crippen LogP contribution in [0.15, 0.2) is 22.3 Å². The minimum atomic E-state index is -0.495. The van der Waals surface area contributed by atoms with Gasteiger partial charge in [-0.25, -0.2) is 14.3 Å². The van der Waals surface area contributed by atoms with E-state index in [-0.39, 0.29) is 17.9 Å². The monoisotopic (exact) mass is 360 g/mol. The number of hydrogen-bond acceptors (Lipinski definition) is 6. The molecule has 1 amide bonds. The van der Waals surface area contributed by atoms with Crippen LogP contribution in [0.5, 0.6) is 0 Å². The van der Waals surface area contributed by atoms with Crippen LogP contribution in [0.3, 0.4) is 0 Å². The third-order valence-electron chi connectivity index (χ3n) is 3.85. The number of H-pyrrole nitrogens is 1. The van der Waals surface area contributed by atoms with Gasteiger partial charge in [-0.3, -0.25) is 14.7 Å². The average Bonchev–Trinajstić information content (AvgIpc) is 3.16. The number of anilines is 1. The fraction of sp³-hybridized carbons (Fsp3) is 0.250. The van der Waals surface area contributed by atoms with Gasteiger partial charge in [-0.15, -0.1) is 11.3 Å². The topological polar surface area (TPSA) is 106 Å². The van der Waals surface area contributed by atoms with Gasteiger partial charge in [0.2, 0.25) is 5.91 Å². The fourth-order valence-corrected chi connectivity index (χ4v) is 3.39. The summed E-state index contributed by atoms with van der Waals surface area (Å²) < 4.78 is 6.25. The molecule has 0 aliphatic rings. The Morgan fingerprint density at radius 2 is 2.16 bits per heavy atom. The summed E-state index contributed by atoms with van der Waals surface area (Å²) in [6.45, 7) is 3.60. The second-order valence-corrected chi connectivity index (χ2v) is 6.37. The molecule has 9 heteroatoms. The van der Waals surface area contributed by atoms with E-state index in [1.54, 1.807) is 22.9 Å². The summed E-state index contributed by atoms with van der Waals surface area (Å²) in [6.07, 6.45) is 0.0667. The predicted molar refractivity (Wildman–Crippen MR) is 93.3 cm³/mol. The fourth-order valence-electron chi connectivity index (χ4n) is 2.62. The normalized spacial score (nSPS) is 10.8. The highest BCUT2D eigenvalue weighted by atomic mass is 32.1. The zero-order valence-electron chi connectivity index (χ0n) is 13.9. The van der Waals surface area contributed by atoms with Crippen molar-refractivity contribution in [1.29, 1.82) is 0 Å². The summed E-state index contributed by atoms with van der Waals surface area (Å²) in [5, 5.41) is 7.08. The lowest BCUT2D eigenvalue weighted by atomic mass is 10.1. The Bertz CT molecular complexity index is 1030. The molecule has 0 aliphatic carbocycles. The molecule has 0 spiro atoms. The first kappa shape index (κ1) is 16.9. The lowest BCUT2D eigenvalue weighted by molar-refractivity contribution is -0.115. The molecule has 0 aromatic carbocycles. The maximum Gasteiger partial charge on any atom is 0.350 e. The van der Waals surface area contributed by atoms with E-state index in [0.29, 0.717) is 27.5 Å². The zero-order chi connectivity index (χ0) is 18.1. The number of aromatic amines is 1. The number of ether oxygens (including phenoxy) is 1. The van der Waals surface area contributed by atoms with Crippen molar-refractivity contribution >= 4 is 34.5 Å². The number of hydrogen-bond donors (Lipinski definition) is 2. The highest BCUT2D eigenvalue weighted by Gasteiger charge is 2.18. The SMILES string of the molecule is COC(=O)c1sccc1NC(=O)Cc1c(C)nc2cc(=O)[nH]n2c1C. The number of aryl methyl sites for hydroxylation is 2. The van der Waals surface area contributed by atoms with Gasteiger partial charge >= 0.3 is 5.97 Å². The van der Waals surface area contributed by atoms with Gasteiger partial charge in [-0.1, -0.05) is 0 Å². The van der Waals surface area contributed by atoms with E-state index >= 15 is 0 Å². The summed E-state index contributed by atoms with van der Waals surface area (Å²) in [5.74, 6) is -0.781. The molecular formula is C16H16N4O4S. The van der Waals surface area contributed by atoms with Gasteiger partial charge in [0.1, 0.15) is 4.88 Å². The van der Waals surface area contributed by atoms with Crippen molar-refractivity contribution in [2.24, 2.45) is 0 Å². The first-order chi connectivity index (χ1) is 11.9. The lowest BCUT2D eigenvalue weighted by Gasteiger charge is -2.11. The molecule has 0 unspecified atom stereocenters. The van der Waals surface area contributed by atoms with E-state index in [1.165, 1.54) is 24.5 Å². The van der Waals surface area contributed by atoms with Crippen LogP contribution in [-0.4, -0.2) is 33.6 Å². The van der Waals surface area contributed by atoms with E-state index in [9.17, 15) is 14.4 Å². The number of carbonyl (C=O) groups excluding carboxylic acids is 2. The van der Waals surface area contributed by atoms with E-state index in [1.807, 2.05) is 6.92 Å². The Hall–Kier alpha value is -2.94. The van der Waals surface area contributed by atoms with Crippen LogP contribution in [0.1, 0.15) is 26.6 Å². The minimum absolute atomic E-state index is 0.0667. The standard InChI is InChI=1S/C16H16N4O4S/c1-8-10(9(2)20-12(17-8)7-14(22)19-20)6-13(21)18-11-4-5-25-15(11)16(23)24-3/h4-5,7H,6H2,1-3H3,(H,18,21)(H,19,22). The molecule has 3 heterocycles. The number of rotatable bonds is 4. The molecule has 8 nitrogen and oxygen atoms in total. The largest absolute Gasteiger partial charge is 0.465 e. The van der Waals surface area contributed by atoms with Crippen molar-refractivity contribution in [3.8, 4) is 0 Å². The summed E-state index contributed by atoms with van der Waals surface area (Å²) in [7, 11) is 1.29. The van der Waals surface area contributed by atoms with Crippen LogP contribution < -0.4 is 10.9 Å². The van der Waals surface area contributed by atoms with E-state index in [2.05, 4.69) is 15.4 Å². The van der Waals surface area contributed by atoms with Gasteiger partial charge < -0.3 is 10.1 Å². The van der Waals surface area contributed by atoms with E-state index in [4.69, 9.17) is 4.74 Å². The highest BCUT2D eigenvalue weighted by molar-refractivity contribution is 7.12. The molecule has 0 atom stereocenters. The minimum Gasteiger partial charge on any atom is -0.465 e. The number of aromatic nitrogens is 3. The van der Waals surface area contributed by atoms with Crippen LogP contribution in [0.2, 0.25) is 0 Å². The van der Waals surface area contributed by atoms with Gasteiger partial charge in [-0.2, -0.15) is 0 Å². The van der Waals surface area contributed by atoms with Crippen LogP contribution in [0, 0.1) is 13.8 Å². The van der Waals surface area contributed by atoms with E-state index in [0.717, 1.165) is 5.69 Å². The van der Waals surface area contributed by atoms with Gasteiger partial charge in [-0.05, 0) is 25.3 Å². The molecule has 0 bridgehead atoms. The predicted octanol–water partition coefficient (Wildman–Crippen LogP) is 1.67. The molecule has 0 saturated carbocycles. The van der Waals surface area contributed by atoms with Gasteiger partial charge in [0, 0.05) is 23.0 Å². The van der Waals surface area contributed by atoms with Crippen molar-refractivity contribution in [3.05, 3.63) is 49.7 Å². The number of thiophene rings is 1. The highest BCUT2D eigenvalue weighted by Crippen LogP contribution is 2.23. The number of nitrogens with one attached hydrogen (secondary N) is 2. The van der Waals surface area contributed by atoms with Crippen LogP contribution in [0.25, 0.3) is 5.65 Å². The molecule has 25 heavy (non-hydrogen) atoms. The zero-order valence-corrected chi connectivity index (χ0v) is 14.7. The van der Waals surface area contributed by atoms with Crippen molar-refractivity contribution in [2.75, 3.05) is 12.4 Å². The van der Waals surface area contributed by atoms with Gasteiger partial charge in [0.05, 0.1) is 19.2 Å². The summed E-state index contributed by atoms with van der Waals surface area (Å²) >= 11 is 1.20. The van der Waals surface area contributed by atoms with Crippen LogP contribution in [-0.2, 0) is 16.0 Å². The number of esters is 1. The van der Waals surface area contributed by atoms with Gasteiger partial charge in [0.25, 0.3) is 5.56 Å². The van der Waals surface area contributed by atoms with Crippen molar-refractivity contribution < 1.29 is 14.3 Å². The summed E-state index contributed by atoms with van der Waals surface area (Å²) in [6, 6.07) is 3.05. The Balaban J connectivity index is 1.87. The van der Waals surface area contributed by atoms with Crippen LogP contribution in [0.4, 0.5) is 5.69 Å². The molecule has 3 aromatic heterocycles. The molecular weight excluding hydrogens is 344 g/mol. The number of methoxy groups -OCH3 is 1. The quantitative estimate of drug-likeness (QED) is 0.689. The lowest BCUT2D eigenvalue weighted by Crippen LogP contribution is -2.18. The first-order valence-electron chi connectivity index (χ1n) is 7.44. The second kappa shape index (κ2) is 6.52. The molecule has 3 aromatic rings. The average molecular weight is 360 g/mol. The van der Waals surface area contributed by atoms with Crippen molar-refractivity contribution in [2.45, 2.75) is 20.3 Å². The maximum absolute atomic E-state index is 12.4. The number of fused-ring (bicyclic) bond motifs is 1. The molecule has 0 aliphatic heterocycles. The summed E-state index contributed by atoms with van der Waals surface area (Å²) in [5.41, 5.74) is 2.79. The van der Waals surface area contributed by atoms with Crippen molar-refractivity contribution in [3.63, 3.8) is 0 Å². The smallest absolute Gasteiger partial charge is 0.350 e. The third-order valence-corrected chi connectivity index (χ3v) is 4.74. The van der Waals surface area contributed by atoms with Crippen LogP contribution >= 0.6 is 11.3 Å². The molecule has 2 N–H and O–H groups in total. The molecule has 0 saturated heterocycles. The molecule has 0 fully saturated rings. The summed E-state index contributed by atoms with van der Waals surface area (Å²) in [4.78, 5) is 40.3. The Labute approximate surface area is 146 Å². The number of nitrogens with zero attached hydrogens (tertiary/aromatic N) is 2. The second-order valence-electron chi connectivity index (χ2n) is 5.46. The van der Waals surface area contributed by atoms with Gasteiger partial charge in [0.15, 0.2) is 5.65 Å². The third kappa shape index (κ3) is 3.18.